The fraction of sp³-hybridized carbons (Fsp3) is 0.200. The van der Waals surface area contributed by atoms with Crippen molar-refractivity contribution >= 4 is 17.1 Å². The van der Waals surface area contributed by atoms with Crippen LogP contribution in [0.4, 0.5) is 0 Å². The molecule has 4 heteroatoms. The van der Waals surface area contributed by atoms with E-state index in [9.17, 15) is 4.79 Å². The fourth-order valence-electron chi connectivity index (χ4n) is 1.31. The number of hydrogen-bond donors (Lipinski definition) is 0. The Morgan fingerprint density at radius 1 is 1.64 bits per heavy atom. The highest BCUT2D eigenvalue weighted by atomic mass is 32.1. The second-order valence-corrected chi connectivity index (χ2v) is 4.01. The molecule has 72 valence electrons. The average Bonchev–Trinajstić information content (AvgIpc) is 2.70. The molecule has 0 radical (unpaired) electrons. The number of Topliss-reactive ketones (excluding diaryl/α,β-unsaturated/α-hetero) is 1. The summed E-state index contributed by atoms with van der Waals surface area (Å²) in [6.45, 7) is 1.98. The summed E-state index contributed by atoms with van der Waals surface area (Å²) in [5.74, 6) is 1.01. The first kappa shape index (κ1) is 9.15. The Balaban J connectivity index is 2.35. The van der Waals surface area contributed by atoms with Gasteiger partial charge in [-0.25, -0.2) is 4.98 Å². The Labute approximate surface area is 86.0 Å². The van der Waals surface area contributed by atoms with Gasteiger partial charge in [0.2, 0.25) is 0 Å². The van der Waals surface area contributed by atoms with E-state index in [1.165, 1.54) is 0 Å². The Hall–Kier alpha value is -1.42. The molecule has 0 fully saturated rings. The molecular weight excluding hydrogens is 196 g/mol. The Morgan fingerprint density at radius 2 is 2.50 bits per heavy atom. The van der Waals surface area contributed by atoms with Crippen LogP contribution in [-0.4, -0.2) is 15.3 Å². The van der Waals surface area contributed by atoms with Crippen molar-refractivity contribution in [1.82, 2.24) is 9.55 Å². The number of rotatable bonds is 3. The van der Waals surface area contributed by atoms with Gasteiger partial charge in [0.1, 0.15) is 11.6 Å². The maximum absolute atomic E-state index is 11.0. The van der Waals surface area contributed by atoms with Crippen molar-refractivity contribution in [3.05, 3.63) is 29.9 Å². The standard InChI is InChI=1S/C10H10N2OS/c1-8(13)7-12-5-4-11-10(12)9-3-2-6-14-9/h2-6H,7H2,1H3. The minimum atomic E-state index is 0.140. The van der Waals surface area contributed by atoms with Gasteiger partial charge in [-0.2, -0.15) is 0 Å². The van der Waals surface area contributed by atoms with E-state index in [0.29, 0.717) is 6.54 Å². The number of carbonyl (C=O) groups is 1. The lowest BCUT2D eigenvalue weighted by Gasteiger charge is -2.02. The lowest BCUT2D eigenvalue weighted by molar-refractivity contribution is -0.117. The number of hydrogen-bond acceptors (Lipinski definition) is 3. The molecule has 0 aliphatic rings. The van der Waals surface area contributed by atoms with Crippen LogP contribution in [0.3, 0.4) is 0 Å². The summed E-state index contributed by atoms with van der Waals surface area (Å²) in [4.78, 5) is 16.3. The van der Waals surface area contributed by atoms with E-state index in [2.05, 4.69) is 4.98 Å². The third-order valence-corrected chi connectivity index (χ3v) is 2.72. The minimum Gasteiger partial charge on any atom is -0.323 e. The van der Waals surface area contributed by atoms with Crippen LogP contribution in [0, 0.1) is 0 Å². The molecule has 2 rings (SSSR count). The highest BCUT2D eigenvalue weighted by Crippen LogP contribution is 2.22. The molecule has 2 heterocycles. The molecule has 0 aromatic carbocycles. The minimum absolute atomic E-state index is 0.140. The van der Waals surface area contributed by atoms with Gasteiger partial charge in [0.05, 0.1) is 11.4 Å². The van der Waals surface area contributed by atoms with Gasteiger partial charge in [0.25, 0.3) is 0 Å². The van der Waals surface area contributed by atoms with Crippen molar-refractivity contribution in [3.63, 3.8) is 0 Å². The summed E-state index contributed by atoms with van der Waals surface area (Å²) >= 11 is 1.63. The number of nitrogens with zero attached hydrogens (tertiary/aromatic N) is 2. The van der Waals surface area contributed by atoms with Crippen molar-refractivity contribution < 1.29 is 4.79 Å². The summed E-state index contributed by atoms with van der Waals surface area (Å²) in [6.07, 6.45) is 3.55. The van der Waals surface area contributed by atoms with Gasteiger partial charge in [-0.1, -0.05) is 6.07 Å². The number of ketones is 1. The predicted octanol–water partition coefficient (Wildman–Crippen LogP) is 2.20. The third kappa shape index (κ3) is 1.75. The molecule has 3 nitrogen and oxygen atoms in total. The summed E-state index contributed by atoms with van der Waals surface area (Å²) < 4.78 is 1.87. The van der Waals surface area contributed by atoms with Crippen molar-refractivity contribution in [2.45, 2.75) is 13.5 Å². The van der Waals surface area contributed by atoms with Gasteiger partial charge < -0.3 is 4.57 Å². The van der Waals surface area contributed by atoms with Crippen LogP contribution >= 0.6 is 11.3 Å². The molecule has 2 aromatic heterocycles. The Kier molecular flexibility index (Phi) is 2.45. The third-order valence-electron chi connectivity index (χ3n) is 1.85. The SMILES string of the molecule is CC(=O)Cn1ccnc1-c1cccs1. The number of imidazole rings is 1. The van der Waals surface area contributed by atoms with Crippen molar-refractivity contribution in [3.8, 4) is 10.7 Å². The van der Waals surface area contributed by atoms with Gasteiger partial charge in [0.15, 0.2) is 0 Å². The number of thiophene rings is 1. The normalized spacial score (nSPS) is 10.4. The number of carbonyl (C=O) groups excluding carboxylic acids is 1. The molecule has 0 saturated carbocycles. The second-order valence-electron chi connectivity index (χ2n) is 3.06. The monoisotopic (exact) mass is 206 g/mol. The molecule has 0 aliphatic heterocycles. The molecule has 0 atom stereocenters. The molecule has 0 aliphatic carbocycles. The summed E-state index contributed by atoms with van der Waals surface area (Å²) in [6, 6.07) is 3.98. The molecule has 0 bridgehead atoms. The molecular formula is C10H10N2OS. The maximum Gasteiger partial charge on any atom is 0.150 e. The van der Waals surface area contributed by atoms with E-state index in [1.54, 1.807) is 24.5 Å². The van der Waals surface area contributed by atoms with Crippen LogP contribution in [0.5, 0.6) is 0 Å². The first-order valence-electron chi connectivity index (χ1n) is 4.32. The van der Waals surface area contributed by atoms with Crippen LogP contribution in [-0.2, 0) is 11.3 Å². The van der Waals surface area contributed by atoms with E-state index in [4.69, 9.17) is 0 Å². The van der Waals surface area contributed by atoms with Crippen LogP contribution in [0.2, 0.25) is 0 Å². The molecule has 0 unspecified atom stereocenters. The van der Waals surface area contributed by atoms with Gasteiger partial charge >= 0.3 is 0 Å². The zero-order chi connectivity index (χ0) is 9.97. The Morgan fingerprint density at radius 3 is 3.14 bits per heavy atom. The lowest BCUT2D eigenvalue weighted by atomic mass is 10.4. The summed E-state index contributed by atoms with van der Waals surface area (Å²) in [7, 11) is 0. The van der Waals surface area contributed by atoms with E-state index in [0.717, 1.165) is 10.7 Å². The summed E-state index contributed by atoms with van der Waals surface area (Å²) in [5, 5.41) is 2.00. The highest BCUT2D eigenvalue weighted by molar-refractivity contribution is 7.13. The van der Waals surface area contributed by atoms with Gasteiger partial charge in [0, 0.05) is 12.4 Å². The topological polar surface area (TPSA) is 34.9 Å². The number of aromatic nitrogens is 2. The highest BCUT2D eigenvalue weighted by Gasteiger charge is 2.07. The van der Waals surface area contributed by atoms with E-state index < -0.39 is 0 Å². The van der Waals surface area contributed by atoms with Crippen molar-refractivity contribution in [2.75, 3.05) is 0 Å². The zero-order valence-electron chi connectivity index (χ0n) is 7.80. The second kappa shape index (κ2) is 3.75. The lowest BCUT2D eigenvalue weighted by Crippen LogP contribution is -2.06. The first-order valence-corrected chi connectivity index (χ1v) is 5.20. The Bertz CT molecular complexity index is 431. The van der Waals surface area contributed by atoms with Crippen LogP contribution in [0.15, 0.2) is 29.9 Å². The quantitative estimate of drug-likeness (QED) is 0.771. The van der Waals surface area contributed by atoms with E-state index >= 15 is 0 Å². The van der Waals surface area contributed by atoms with Crippen LogP contribution in [0.1, 0.15) is 6.92 Å². The van der Waals surface area contributed by atoms with Gasteiger partial charge in [-0.15, -0.1) is 11.3 Å². The molecule has 14 heavy (non-hydrogen) atoms. The smallest absolute Gasteiger partial charge is 0.150 e. The molecule has 2 aromatic rings. The predicted molar refractivity (Wildman–Crippen MR) is 56.2 cm³/mol. The van der Waals surface area contributed by atoms with E-state index in [-0.39, 0.29) is 5.78 Å². The van der Waals surface area contributed by atoms with Gasteiger partial charge in [-0.05, 0) is 18.4 Å². The maximum atomic E-state index is 11.0. The molecule has 0 spiro atoms. The first-order chi connectivity index (χ1) is 6.77. The molecule has 0 saturated heterocycles. The van der Waals surface area contributed by atoms with E-state index in [1.807, 2.05) is 28.3 Å². The summed E-state index contributed by atoms with van der Waals surface area (Å²) in [5.41, 5.74) is 0. The van der Waals surface area contributed by atoms with Gasteiger partial charge in [-0.3, -0.25) is 4.79 Å². The average molecular weight is 206 g/mol. The molecule has 0 amide bonds. The zero-order valence-corrected chi connectivity index (χ0v) is 8.62. The van der Waals surface area contributed by atoms with Crippen molar-refractivity contribution in [2.24, 2.45) is 0 Å². The fourth-order valence-corrected chi connectivity index (χ4v) is 2.04. The van der Waals surface area contributed by atoms with Crippen LogP contribution < -0.4 is 0 Å². The van der Waals surface area contributed by atoms with Crippen molar-refractivity contribution in [1.29, 1.82) is 0 Å². The van der Waals surface area contributed by atoms with Crippen LogP contribution in [0.25, 0.3) is 10.7 Å². The largest absolute Gasteiger partial charge is 0.323 e. The molecule has 0 N–H and O–H groups in total.